The topological polar surface area (TPSA) is 88.3 Å². The maximum atomic E-state index is 12.9. The lowest BCUT2D eigenvalue weighted by Crippen LogP contribution is -2.40. The summed E-state index contributed by atoms with van der Waals surface area (Å²) in [6, 6.07) is 5.78. The molecule has 1 aromatic heterocycles. The number of benzene rings is 1. The van der Waals surface area contributed by atoms with E-state index in [1.807, 2.05) is 50.8 Å². The van der Waals surface area contributed by atoms with Crippen molar-refractivity contribution in [1.29, 1.82) is 0 Å². The molecule has 1 aliphatic carbocycles. The number of aromatic nitrogens is 2. The first-order valence-corrected chi connectivity index (χ1v) is 10.7. The van der Waals surface area contributed by atoms with Crippen molar-refractivity contribution < 1.29 is 14.1 Å². The molecule has 4 rings (SSSR count). The van der Waals surface area contributed by atoms with E-state index in [1.54, 1.807) is 6.92 Å². The number of nitrogens with zero attached hydrogens (tertiary/aromatic N) is 3. The predicted octanol–water partition coefficient (Wildman–Crippen LogP) is 2.94. The molecule has 2 aromatic rings. The van der Waals surface area contributed by atoms with Crippen molar-refractivity contribution in [1.82, 2.24) is 20.4 Å². The molecule has 2 amide bonds. The molecular formula is C23H30N4O3. The molecule has 30 heavy (non-hydrogen) atoms. The van der Waals surface area contributed by atoms with Crippen LogP contribution in [-0.2, 0) is 10.2 Å². The van der Waals surface area contributed by atoms with Crippen molar-refractivity contribution in [2.24, 2.45) is 11.8 Å². The predicted molar refractivity (Wildman–Crippen MR) is 112 cm³/mol. The maximum absolute atomic E-state index is 12.9. The Balaban J connectivity index is 1.55. The van der Waals surface area contributed by atoms with Gasteiger partial charge >= 0.3 is 0 Å². The molecular weight excluding hydrogens is 380 g/mol. The third-order valence-corrected chi connectivity index (χ3v) is 6.74. The summed E-state index contributed by atoms with van der Waals surface area (Å²) in [6.45, 7) is 10.9. The average Bonchev–Trinajstić information content (AvgIpc) is 3.35. The van der Waals surface area contributed by atoms with Gasteiger partial charge in [-0.05, 0) is 62.8 Å². The molecule has 2 heterocycles. The summed E-state index contributed by atoms with van der Waals surface area (Å²) in [6.07, 6.45) is 1.48. The first-order chi connectivity index (χ1) is 14.2. The highest BCUT2D eigenvalue weighted by Gasteiger charge is 2.58. The van der Waals surface area contributed by atoms with Crippen molar-refractivity contribution in [3.05, 3.63) is 46.6 Å². The zero-order valence-electron chi connectivity index (χ0n) is 18.4. The quantitative estimate of drug-likeness (QED) is 0.837. The first kappa shape index (κ1) is 20.6. The number of hydrogen-bond donors (Lipinski definition) is 1. The van der Waals surface area contributed by atoms with Gasteiger partial charge in [-0.15, -0.1) is 0 Å². The summed E-state index contributed by atoms with van der Waals surface area (Å²) in [4.78, 5) is 32.0. The van der Waals surface area contributed by atoms with E-state index in [4.69, 9.17) is 4.52 Å². The minimum Gasteiger partial charge on any atom is -0.349 e. The van der Waals surface area contributed by atoms with Gasteiger partial charge in [-0.25, -0.2) is 0 Å². The van der Waals surface area contributed by atoms with Crippen LogP contribution >= 0.6 is 0 Å². The Hall–Kier alpha value is -2.70. The number of hydrogen-bond acceptors (Lipinski definition) is 5. The summed E-state index contributed by atoms with van der Waals surface area (Å²) < 4.78 is 5.60. The van der Waals surface area contributed by atoms with Crippen LogP contribution in [0.4, 0.5) is 0 Å². The van der Waals surface area contributed by atoms with Crippen LogP contribution in [-0.4, -0.2) is 46.0 Å². The third kappa shape index (κ3) is 3.50. The largest absolute Gasteiger partial charge is 0.349 e. The molecule has 0 bridgehead atoms. The molecule has 0 radical (unpaired) electrons. The number of nitrogens with one attached hydrogen (secondary N) is 1. The molecule has 2 fully saturated rings. The van der Waals surface area contributed by atoms with Crippen molar-refractivity contribution in [2.75, 3.05) is 13.1 Å². The number of amides is 2. The van der Waals surface area contributed by atoms with Gasteiger partial charge in [0, 0.05) is 30.6 Å². The van der Waals surface area contributed by atoms with Gasteiger partial charge in [-0.2, -0.15) is 4.98 Å². The van der Waals surface area contributed by atoms with Crippen LogP contribution in [0, 0.1) is 32.6 Å². The lowest BCUT2D eigenvalue weighted by Gasteiger charge is -2.26. The average molecular weight is 411 g/mol. The molecule has 1 saturated heterocycles. The van der Waals surface area contributed by atoms with E-state index in [9.17, 15) is 9.59 Å². The highest BCUT2D eigenvalue weighted by molar-refractivity contribution is 5.94. The van der Waals surface area contributed by atoms with Gasteiger partial charge in [0.1, 0.15) is 0 Å². The third-order valence-electron chi connectivity index (χ3n) is 6.74. The van der Waals surface area contributed by atoms with E-state index in [0.29, 0.717) is 36.8 Å². The van der Waals surface area contributed by atoms with Crippen LogP contribution in [0.2, 0.25) is 0 Å². The van der Waals surface area contributed by atoms with Crippen LogP contribution in [0.15, 0.2) is 22.7 Å². The normalized spacial score (nSPS) is 25.6. The van der Waals surface area contributed by atoms with Gasteiger partial charge in [0.05, 0.1) is 5.41 Å². The molecule has 1 aromatic carbocycles. The summed E-state index contributed by atoms with van der Waals surface area (Å²) in [5.41, 5.74) is 2.55. The van der Waals surface area contributed by atoms with E-state index >= 15 is 0 Å². The standard InChI is InChI=1S/C23H30N4O3/c1-13(2)21(29)27-11-18-9-19(10-23(18,12-27)22-24-16(5)26-30-22)25-20(28)17-7-6-14(3)15(4)8-17/h6-8,13,18-19H,9-12H2,1-5H3,(H,25,28)/t18?,19-,23+/m1/s1. The van der Waals surface area contributed by atoms with Crippen molar-refractivity contribution in [3.8, 4) is 0 Å². The highest BCUT2D eigenvalue weighted by atomic mass is 16.5. The second kappa shape index (κ2) is 7.52. The number of aryl methyl sites for hydroxylation is 3. The molecule has 1 unspecified atom stereocenters. The van der Waals surface area contributed by atoms with E-state index in [-0.39, 0.29) is 29.7 Å². The van der Waals surface area contributed by atoms with Gasteiger partial charge < -0.3 is 14.7 Å². The highest BCUT2D eigenvalue weighted by Crippen LogP contribution is 2.50. The fourth-order valence-electron chi connectivity index (χ4n) is 5.00. The molecule has 0 spiro atoms. The second-order valence-electron chi connectivity index (χ2n) is 9.28. The van der Waals surface area contributed by atoms with Crippen LogP contribution < -0.4 is 5.32 Å². The molecule has 160 valence electrons. The fraction of sp³-hybridized carbons (Fsp3) is 0.565. The summed E-state index contributed by atoms with van der Waals surface area (Å²) >= 11 is 0. The Labute approximate surface area is 177 Å². The lowest BCUT2D eigenvalue weighted by molar-refractivity contribution is -0.133. The Morgan fingerprint density at radius 2 is 2.00 bits per heavy atom. The van der Waals surface area contributed by atoms with Gasteiger partial charge in [0.2, 0.25) is 11.8 Å². The Morgan fingerprint density at radius 1 is 1.23 bits per heavy atom. The zero-order valence-corrected chi connectivity index (χ0v) is 18.4. The first-order valence-electron chi connectivity index (χ1n) is 10.7. The number of likely N-dealkylation sites (tertiary alicyclic amines) is 1. The summed E-state index contributed by atoms with van der Waals surface area (Å²) in [5.74, 6) is 1.41. The Morgan fingerprint density at radius 3 is 2.63 bits per heavy atom. The van der Waals surface area contributed by atoms with Crippen LogP contribution in [0.1, 0.15) is 59.9 Å². The molecule has 1 N–H and O–H groups in total. The molecule has 2 aliphatic rings. The van der Waals surface area contributed by atoms with Gasteiger partial charge in [0.15, 0.2) is 5.82 Å². The zero-order chi connectivity index (χ0) is 21.6. The van der Waals surface area contributed by atoms with Gasteiger partial charge in [-0.3, -0.25) is 9.59 Å². The van der Waals surface area contributed by atoms with Crippen molar-refractivity contribution >= 4 is 11.8 Å². The Kier molecular flexibility index (Phi) is 5.16. The SMILES string of the molecule is Cc1noc([C@]23C[C@H](NC(=O)c4ccc(C)c(C)c4)CC2CN(C(=O)C(C)C)C3)n1. The minimum atomic E-state index is -0.396. The molecule has 7 heteroatoms. The number of carbonyl (C=O) groups excluding carboxylic acids is 2. The maximum Gasteiger partial charge on any atom is 0.251 e. The van der Waals surface area contributed by atoms with E-state index in [2.05, 4.69) is 15.5 Å². The number of fused-ring (bicyclic) bond motifs is 1. The second-order valence-corrected chi connectivity index (χ2v) is 9.28. The molecule has 1 saturated carbocycles. The van der Waals surface area contributed by atoms with Crippen LogP contribution in [0.3, 0.4) is 0 Å². The van der Waals surface area contributed by atoms with E-state index in [1.165, 1.54) is 5.56 Å². The Bertz CT molecular complexity index is 983. The van der Waals surface area contributed by atoms with Gasteiger partial charge in [-0.1, -0.05) is 25.1 Å². The molecule has 3 atom stereocenters. The fourth-order valence-corrected chi connectivity index (χ4v) is 5.00. The summed E-state index contributed by atoms with van der Waals surface area (Å²) in [7, 11) is 0. The minimum absolute atomic E-state index is 0.00705. The van der Waals surface area contributed by atoms with Crippen LogP contribution in [0.5, 0.6) is 0 Å². The van der Waals surface area contributed by atoms with E-state index in [0.717, 1.165) is 12.0 Å². The van der Waals surface area contributed by atoms with Crippen molar-refractivity contribution in [3.63, 3.8) is 0 Å². The van der Waals surface area contributed by atoms with E-state index < -0.39 is 5.41 Å². The summed E-state index contributed by atoms with van der Waals surface area (Å²) in [5, 5.41) is 7.20. The van der Waals surface area contributed by atoms with Gasteiger partial charge in [0.25, 0.3) is 5.91 Å². The lowest BCUT2D eigenvalue weighted by atomic mass is 9.80. The van der Waals surface area contributed by atoms with Crippen molar-refractivity contribution in [2.45, 2.75) is 58.9 Å². The molecule has 1 aliphatic heterocycles. The van der Waals surface area contributed by atoms with Crippen LogP contribution in [0.25, 0.3) is 0 Å². The molecule has 7 nitrogen and oxygen atoms in total. The monoisotopic (exact) mass is 410 g/mol. The number of rotatable bonds is 4. The number of carbonyl (C=O) groups is 2. The smallest absolute Gasteiger partial charge is 0.251 e.